The van der Waals surface area contributed by atoms with E-state index in [1.165, 1.54) is 0 Å². The molecule has 0 aromatic carbocycles. The lowest BCUT2D eigenvalue weighted by Gasteiger charge is -2.34. The van der Waals surface area contributed by atoms with Crippen molar-refractivity contribution in [3.05, 3.63) is 20.8 Å². The molecule has 2 rings (SSSR count). The second-order valence-corrected chi connectivity index (χ2v) is 7.44. The molecule has 2 heterocycles. The maximum Gasteiger partial charge on any atom is 0.227 e. The zero-order valence-corrected chi connectivity index (χ0v) is 14.0. The summed E-state index contributed by atoms with van der Waals surface area (Å²) in [6.45, 7) is 4.65. The lowest BCUT2D eigenvalue weighted by molar-refractivity contribution is -0.139. The molecule has 1 aliphatic heterocycles. The van der Waals surface area contributed by atoms with Crippen LogP contribution >= 0.6 is 27.3 Å². The molecular weight excluding hydrogens is 340 g/mol. The smallest absolute Gasteiger partial charge is 0.227 e. The molecule has 4 nitrogen and oxygen atoms in total. The zero-order chi connectivity index (χ0) is 14.5. The number of carbonyl (C=O) groups is 2. The van der Waals surface area contributed by atoms with E-state index in [4.69, 9.17) is 0 Å². The van der Waals surface area contributed by atoms with Gasteiger partial charge >= 0.3 is 0 Å². The van der Waals surface area contributed by atoms with Gasteiger partial charge in [-0.05, 0) is 34.5 Å². The molecule has 1 aliphatic rings. The highest BCUT2D eigenvalue weighted by Crippen LogP contribution is 2.23. The van der Waals surface area contributed by atoms with Crippen LogP contribution in [0.3, 0.4) is 0 Å². The first-order valence-corrected chi connectivity index (χ1v) is 8.51. The van der Waals surface area contributed by atoms with Gasteiger partial charge in [-0.2, -0.15) is 0 Å². The van der Waals surface area contributed by atoms with Crippen LogP contribution < -0.4 is 0 Å². The van der Waals surface area contributed by atoms with Crippen molar-refractivity contribution < 1.29 is 9.59 Å². The molecule has 0 saturated carbocycles. The Balaban J connectivity index is 1.81. The second kappa shape index (κ2) is 7.22. The van der Waals surface area contributed by atoms with E-state index in [0.29, 0.717) is 39.0 Å². The van der Waals surface area contributed by atoms with Crippen LogP contribution in [0, 0.1) is 0 Å². The molecule has 110 valence electrons. The lowest BCUT2D eigenvalue weighted by atomic mass is 10.2. The Morgan fingerprint density at radius 3 is 2.25 bits per heavy atom. The fourth-order valence-electron chi connectivity index (χ4n) is 2.28. The molecule has 0 atom stereocenters. The fraction of sp³-hybridized carbons (Fsp3) is 0.571. The van der Waals surface area contributed by atoms with Crippen molar-refractivity contribution in [2.24, 2.45) is 0 Å². The summed E-state index contributed by atoms with van der Waals surface area (Å²) in [5.74, 6) is 0.365. The van der Waals surface area contributed by atoms with Crippen LogP contribution in [-0.4, -0.2) is 47.8 Å². The number of amides is 2. The predicted molar refractivity (Wildman–Crippen MR) is 83.8 cm³/mol. The van der Waals surface area contributed by atoms with E-state index in [0.717, 1.165) is 15.1 Å². The van der Waals surface area contributed by atoms with E-state index >= 15 is 0 Å². The number of hydrogen-bond acceptors (Lipinski definition) is 3. The van der Waals surface area contributed by atoms with Crippen molar-refractivity contribution in [1.29, 1.82) is 0 Å². The predicted octanol–water partition coefficient (Wildman–Crippen LogP) is 2.52. The van der Waals surface area contributed by atoms with E-state index < -0.39 is 0 Å². The number of hydrogen-bond donors (Lipinski definition) is 0. The van der Waals surface area contributed by atoms with Crippen molar-refractivity contribution in [1.82, 2.24) is 9.80 Å². The largest absolute Gasteiger partial charge is 0.339 e. The van der Waals surface area contributed by atoms with Gasteiger partial charge < -0.3 is 9.80 Å². The molecule has 1 fully saturated rings. The average molecular weight is 359 g/mol. The Hall–Kier alpha value is -0.880. The van der Waals surface area contributed by atoms with Crippen molar-refractivity contribution in [2.75, 3.05) is 26.2 Å². The molecule has 0 bridgehead atoms. The highest BCUT2D eigenvalue weighted by molar-refractivity contribution is 9.11. The highest BCUT2D eigenvalue weighted by atomic mass is 79.9. The Morgan fingerprint density at radius 2 is 1.75 bits per heavy atom. The van der Waals surface area contributed by atoms with Gasteiger partial charge in [-0.15, -0.1) is 11.3 Å². The normalized spacial score (nSPS) is 15.5. The van der Waals surface area contributed by atoms with Crippen LogP contribution in [0.25, 0.3) is 0 Å². The summed E-state index contributed by atoms with van der Waals surface area (Å²) in [7, 11) is 0. The van der Waals surface area contributed by atoms with Crippen molar-refractivity contribution in [2.45, 2.75) is 26.2 Å². The molecule has 6 heteroatoms. The molecule has 0 unspecified atom stereocenters. The van der Waals surface area contributed by atoms with Crippen LogP contribution in [0.4, 0.5) is 0 Å². The Labute approximate surface area is 131 Å². The van der Waals surface area contributed by atoms with Crippen molar-refractivity contribution in [3.63, 3.8) is 0 Å². The van der Waals surface area contributed by atoms with E-state index in [9.17, 15) is 9.59 Å². The molecule has 0 aliphatic carbocycles. The highest BCUT2D eigenvalue weighted by Gasteiger charge is 2.23. The molecule has 1 aromatic rings. The summed E-state index contributed by atoms with van der Waals surface area (Å²) in [6.07, 6.45) is 1.95. The molecule has 1 saturated heterocycles. The SMILES string of the molecule is CCCC(=O)N1CCN(C(=O)Cc2ccc(Br)s2)CC1. The van der Waals surface area contributed by atoms with Gasteiger partial charge in [0.25, 0.3) is 0 Å². The van der Waals surface area contributed by atoms with E-state index in [2.05, 4.69) is 15.9 Å². The summed E-state index contributed by atoms with van der Waals surface area (Å²) < 4.78 is 1.05. The summed E-state index contributed by atoms with van der Waals surface area (Å²) >= 11 is 5.00. The molecule has 0 radical (unpaired) electrons. The Kier molecular flexibility index (Phi) is 5.60. The van der Waals surface area contributed by atoms with Gasteiger partial charge in [-0.25, -0.2) is 0 Å². The minimum absolute atomic E-state index is 0.155. The van der Waals surface area contributed by atoms with Crippen LogP contribution in [0.1, 0.15) is 24.6 Å². The first kappa shape index (κ1) is 15.5. The minimum Gasteiger partial charge on any atom is -0.339 e. The Morgan fingerprint density at radius 1 is 1.15 bits per heavy atom. The van der Waals surface area contributed by atoms with Gasteiger partial charge in [-0.1, -0.05) is 6.92 Å². The van der Waals surface area contributed by atoms with Crippen LogP contribution in [0.2, 0.25) is 0 Å². The van der Waals surface area contributed by atoms with Gasteiger partial charge in [0.05, 0.1) is 10.2 Å². The molecular formula is C14H19BrN2O2S. The van der Waals surface area contributed by atoms with E-state index in [-0.39, 0.29) is 11.8 Å². The zero-order valence-electron chi connectivity index (χ0n) is 11.6. The third kappa shape index (κ3) is 4.06. The maximum atomic E-state index is 12.2. The third-order valence-corrected chi connectivity index (χ3v) is 5.03. The molecule has 1 aromatic heterocycles. The van der Waals surface area contributed by atoms with E-state index in [1.807, 2.05) is 28.9 Å². The monoisotopic (exact) mass is 358 g/mol. The summed E-state index contributed by atoms with van der Waals surface area (Å²) in [5, 5.41) is 0. The number of rotatable bonds is 4. The number of thiophene rings is 1. The second-order valence-electron chi connectivity index (χ2n) is 4.89. The molecule has 0 spiro atoms. The topological polar surface area (TPSA) is 40.6 Å². The van der Waals surface area contributed by atoms with Gasteiger partial charge in [0.15, 0.2) is 0 Å². The minimum atomic E-state index is 0.155. The number of carbonyl (C=O) groups excluding carboxylic acids is 2. The van der Waals surface area contributed by atoms with Crippen LogP contribution in [0.15, 0.2) is 15.9 Å². The van der Waals surface area contributed by atoms with E-state index in [1.54, 1.807) is 11.3 Å². The third-order valence-electron chi connectivity index (χ3n) is 3.40. The first-order valence-electron chi connectivity index (χ1n) is 6.90. The number of halogens is 1. The molecule has 20 heavy (non-hydrogen) atoms. The molecule has 2 amide bonds. The quantitative estimate of drug-likeness (QED) is 0.829. The van der Waals surface area contributed by atoms with Gasteiger partial charge in [0.1, 0.15) is 0 Å². The van der Waals surface area contributed by atoms with Crippen molar-refractivity contribution in [3.8, 4) is 0 Å². The lowest BCUT2D eigenvalue weighted by Crippen LogP contribution is -2.50. The van der Waals surface area contributed by atoms with Crippen LogP contribution in [-0.2, 0) is 16.0 Å². The van der Waals surface area contributed by atoms with Gasteiger partial charge in [0, 0.05) is 37.5 Å². The maximum absolute atomic E-state index is 12.2. The van der Waals surface area contributed by atoms with Gasteiger partial charge in [0.2, 0.25) is 11.8 Å². The standard InChI is InChI=1S/C14H19BrN2O2S/c1-2-3-13(18)16-6-8-17(9-7-16)14(19)10-11-4-5-12(15)20-11/h4-5H,2-3,6-10H2,1H3. The summed E-state index contributed by atoms with van der Waals surface area (Å²) in [5.41, 5.74) is 0. The average Bonchev–Trinajstić information content (AvgIpc) is 2.84. The van der Waals surface area contributed by atoms with Crippen LogP contribution in [0.5, 0.6) is 0 Å². The summed E-state index contributed by atoms with van der Waals surface area (Å²) in [4.78, 5) is 28.8. The number of nitrogens with zero attached hydrogens (tertiary/aromatic N) is 2. The molecule has 0 N–H and O–H groups in total. The first-order chi connectivity index (χ1) is 9.60. The van der Waals surface area contributed by atoms with Crippen molar-refractivity contribution >= 4 is 39.1 Å². The fourth-order valence-corrected chi connectivity index (χ4v) is 3.76. The Bertz CT molecular complexity index is 481. The summed E-state index contributed by atoms with van der Waals surface area (Å²) in [6, 6.07) is 3.95. The van der Waals surface area contributed by atoms with Gasteiger partial charge in [-0.3, -0.25) is 9.59 Å². The number of piperazine rings is 1.